The van der Waals surface area contributed by atoms with Crippen molar-refractivity contribution in [1.82, 2.24) is 15.0 Å². The molecule has 0 fully saturated rings. The lowest BCUT2D eigenvalue weighted by Crippen LogP contribution is -2.18. The second-order valence-electron chi connectivity index (χ2n) is 4.64. The number of amides is 1. The van der Waals surface area contributed by atoms with E-state index < -0.39 is 5.97 Å². The Morgan fingerprint density at radius 1 is 1.40 bits per heavy atom. The van der Waals surface area contributed by atoms with Crippen LogP contribution >= 0.6 is 0 Å². The molecule has 2 N–H and O–H groups in total. The molecule has 7 heteroatoms. The number of benzene rings is 1. The third-order valence-corrected chi connectivity index (χ3v) is 3.30. The van der Waals surface area contributed by atoms with E-state index in [4.69, 9.17) is 0 Å². The average Bonchev–Trinajstić information content (AvgIpc) is 2.80. The van der Waals surface area contributed by atoms with E-state index in [1.807, 2.05) is 6.07 Å². The van der Waals surface area contributed by atoms with Gasteiger partial charge in [0.05, 0.1) is 0 Å². The Kier molecular flexibility index (Phi) is 2.74. The molecule has 2 heterocycles. The summed E-state index contributed by atoms with van der Waals surface area (Å²) in [6, 6.07) is 5.36. The van der Waals surface area contributed by atoms with Gasteiger partial charge in [0.15, 0.2) is 5.69 Å². The SMILES string of the molecule is Cn1nnc(-c2ccc3c(c2)CCC(=O)N3)c1C(=O)O. The van der Waals surface area contributed by atoms with Gasteiger partial charge in [0, 0.05) is 24.7 Å². The number of carbonyl (C=O) groups excluding carboxylic acids is 1. The molecule has 1 aromatic carbocycles. The standard InChI is InChI=1S/C13H12N4O3/c1-17-12(13(19)20)11(15-16-17)8-2-4-9-7(6-8)3-5-10(18)14-9/h2,4,6H,3,5H2,1H3,(H,14,18)(H,19,20). The minimum atomic E-state index is -1.07. The van der Waals surface area contributed by atoms with Gasteiger partial charge in [0.2, 0.25) is 5.91 Å². The van der Waals surface area contributed by atoms with E-state index in [1.54, 1.807) is 19.2 Å². The molecule has 0 radical (unpaired) electrons. The number of carbonyl (C=O) groups is 2. The number of anilines is 1. The molecule has 0 saturated carbocycles. The largest absolute Gasteiger partial charge is 0.476 e. The van der Waals surface area contributed by atoms with Gasteiger partial charge in [-0.05, 0) is 24.1 Å². The van der Waals surface area contributed by atoms with Gasteiger partial charge in [-0.15, -0.1) is 5.10 Å². The third kappa shape index (κ3) is 1.93. The van der Waals surface area contributed by atoms with Crippen LogP contribution in [0.1, 0.15) is 22.5 Å². The number of hydrogen-bond acceptors (Lipinski definition) is 4. The van der Waals surface area contributed by atoms with Crippen LogP contribution in [0.4, 0.5) is 5.69 Å². The summed E-state index contributed by atoms with van der Waals surface area (Å²) in [5.41, 5.74) is 2.81. The topological polar surface area (TPSA) is 97.1 Å². The Bertz CT molecular complexity index is 720. The van der Waals surface area contributed by atoms with Crippen LogP contribution in [-0.2, 0) is 18.3 Å². The van der Waals surface area contributed by atoms with Crippen LogP contribution in [0, 0.1) is 0 Å². The van der Waals surface area contributed by atoms with Crippen LogP contribution in [0.3, 0.4) is 0 Å². The van der Waals surface area contributed by atoms with Crippen molar-refractivity contribution in [3.63, 3.8) is 0 Å². The van der Waals surface area contributed by atoms with E-state index in [0.29, 0.717) is 24.1 Å². The van der Waals surface area contributed by atoms with E-state index in [1.165, 1.54) is 4.68 Å². The predicted octanol–water partition coefficient (Wildman–Crippen LogP) is 1.06. The lowest BCUT2D eigenvalue weighted by Gasteiger charge is -2.17. The molecule has 0 bridgehead atoms. The quantitative estimate of drug-likeness (QED) is 0.852. The fraction of sp³-hybridized carbons (Fsp3) is 0.231. The summed E-state index contributed by atoms with van der Waals surface area (Å²) in [6.07, 6.45) is 1.07. The highest BCUT2D eigenvalue weighted by molar-refractivity contribution is 5.96. The van der Waals surface area contributed by atoms with Gasteiger partial charge < -0.3 is 10.4 Å². The van der Waals surface area contributed by atoms with Crippen molar-refractivity contribution < 1.29 is 14.7 Å². The molecule has 1 aromatic heterocycles. The fourth-order valence-corrected chi connectivity index (χ4v) is 2.32. The molecule has 2 aromatic rings. The number of nitrogens with zero attached hydrogens (tertiary/aromatic N) is 3. The zero-order valence-electron chi connectivity index (χ0n) is 10.8. The van der Waals surface area contributed by atoms with Crippen molar-refractivity contribution in [3.8, 4) is 11.3 Å². The van der Waals surface area contributed by atoms with Gasteiger partial charge in [0.25, 0.3) is 0 Å². The Morgan fingerprint density at radius 2 is 2.20 bits per heavy atom. The molecule has 102 valence electrons. The number of fused-ring (bicyclic) bond motifs is 1. The summed E-state index contributed by atoms with van der Waals surface area (Å²) in [5.74, 6) is -1.07. The second kappa shape index (κ2) is 4.44. The van der Waals surface area contributed by atoms with E-state index in [0.717, 1.165) is 11.3 Å². The van der Waals surface area contributed by atoms with Crippen molar-refractivity contribution in [3.05, 3.63) is 29.5 Å². The maximum absolute atomic E-state index is 11.3. The molecule has 0 spiro atoms. The molecule has 0 atom stereocenters. The van der Waals surface area contributed by atoms with E-state index in [-0.39, 0.29) is 11.6 Å². The minimum absolute atomic E-state index is 0.00372. The first kappa shape index (κ1) is 12.3. The minimum Gasteiger partial charge on any atom is -0.476 e. The van der Waals surface area contributed by atoms with Crippen LogP contribution < -0.4 is 5.32 Å². The number of aromatic carboxylic acids is 1. The Labute approximate surface area is 114 Å². The number of carboxylic acid groups (broad SMARTS) is 1. The summed E-state index contributed by atoms with van der Waals surface area (Å²) in [7, 11) is 1.54. The molecule has 0 unspecified atom stereocenters. The second-order valence-corrected chi connectivity index (χ2v) is 4.64. The molecule has 0 saturated heterocycles. The maximum Gasteiger partial charge on any atom is 0.356 e. The average molecular weight is 272 g/mol. The normalized spacial score (nSPS) is 13.8. The molecule has 20 heavy (non-hydrogen) atoms. The van der Waals surface area contributed by atoms with E-state index >= 15 is 0 Å². The van der Waals surface area contributed by atoms with Crippen molar-refractivity contribution >= 4 is 17.6 Å². The van der Waals surface area contributed by atoms with Gasteiger partial charge in [0.1, 0.15) is 5.69 Å². The molecule has 1 aliphatic heterocycles. The van der Waals surface area contributed by atoms with Crippen molar-refractivity contribution in [2.75, 3.05) is 5.32 Å². The first-order valence-electron chi connectivity index (χ1n) is 6.12. The van der Waals surface area contributed by atoms with Crippen LogP contribution in [0.2, 0.25) is 0 Å². The molecule has 3 rings (SSSR count). The molecule has 7 nitrogen and oxygen atoms in total. The third-order valence-electron chi connectivity index (χ3n) is 3.30. The van der Waals surface area contributed by atoms with Gasteiger partial charge in [-0.25, -0.2) is 9.48 Å². The Morgan fingerprint density at radius 3 is 2.95 bits per heavy atom. The molecule has 0 aliphatic carbocycles. The van der Waals surface area contributed by atoms with Gasteiger partial charge >= 0.3 is 5.97 Å². The lowest BCUT2D eigenvalue weighted by molar-refractivity contribution is -0.116. The van der Waals surface area contributed by atoms with Gasteiger partial charge in [-0.1, -0.05) is 11.3 Å². The monoisotopic (exact) mass is 272 g/mol. The highest BCUT2D eigenvalue weighted by Gasteiger charge is 2.21. The van der Waals surface area contributed by atoms with Crippen LogP contribution in [0.25, 0.3) is 11.3 Å². The lowest BCUT2D eigenvalue weighted by atomic mass is 9.98. The smallest absolute Gasteiger partial charge is 0.356 e. The first-order valence-corrected chi connectivity index (χ1v) is 6.12. The number of nitrogens with one attached hydrogen (secondary N) is 1. The molecule has 1 aliphatic rings. The number of carboxylic acids is 1. The zero-order valence-corrected chi connectivity index (χ0v) is 10.8. The number of hydrogen-bond donors (Lipinski definition) is 2. The highest BCUT2D eigenvalue weighted by Crippen LogP contribution is 2.29. The summed E-state index contributed by atoms with van der Waals surface area (Å²) < 4.78 is 1.24. The highest BCUT2D eigenvalue weighted by atomic mass is 16.4. The summed E-state index contributed by atoms with van der Waals surface area (Å²) in [6.45, 7) is 0. The Balaban J connectivity index is 2.08. The summed E-state index contributed by atoms with van der Waals surface area (Å²) in [4.78, 5) is 22.6. The first-order chi connectivity index (χ1) is 9.56. The fourth-order valence-electron chi connectivity index (χ4n) is 2.32. The van der Waals surface area contributed by atoms with Crippen LogP contribution in [0.5, 0.6) is 0 Å². The maximum atomic E-state index is 11.3. The Hall–Kier alpha value is -2.70. The molecular weight excluding hydrogens is 260 g/mol. The van der Waals surface area contributed by atoms with Crippen LogP contribution in [0.15, 0.2) is 18.2 Å². The predicted molar refractivity (Wildman–Crippen MR) is 70.3 cm³/mol. The number of rotatable bonds is 2. The van der Waals surface area contributed by atoms with E-state index in [9.17, 15) is 14.7 Å². The van der Waals surface area contributed by atoms with Gasteiger partial charge in [-0.2, -0.15) is 0 Å². The van der Waals surface area contributed by atoms with Crippen LogP contribution in [-0.4, -0.2) is 32.0 Å². The van der Waals surface area contributed by atoms with Crippen molar-refractivity contribution in [2.45, 2.75) is 12.8 Å². The summed E-state index contributed by atoms with van der Waals surface area (Å²) >= 11 is 0. The van der Waals surface area contributed by atoms with Gasteiger partial charge in [-0.3, -0.25) is 4.79 Å². The molecular formula is C13H12N4O3. The number of aromatic nitrogens is 3. The zero-order chi connectivity index (χ0) is 14.3. The summed E-state index contributed by atoms with van der Waals surface area (Å²) in [5, 5.41) is 19.7. The van der Waals surface area contributed by atoms with Crippen molar-refractivity contribution in [2.24, 2.45) is 7.05 Å². The van der Waals surface area contributed by atoms with Crippen molar-refractivity contribution in [1.29, 1.82) is 0 Å². The van der Waals surface area contributed by atoms with E-state index in [2.05, 4.69) is 15.6 Å². The molecule has 1 amide bonds. The number of aryl methyl sites for hydroxylation is 2.